The number of carbonyl (C=O) groups excluding carboxylic acids is 1. The van der Waals surface area contributed by atoms with E-state index in [2.05, 4.69) is 11.4 Å². The summed E-state index contributed by atoms with van der Waals surface area (Å²) in [6, 6.07) is 6.27. The Morgan fingerprint density at radius 2 is 2.00 bits per heavy atom. The lowest BCUT2D eigenvalue weighted by Crippen LogP contribution is -2.32. The van der Waals surface area contributed by atoms with Gasteiger partial charge in [-0.2, -0.15) is 5.26 Å². The first kappa shape index (κ1) is 14.4. The first-order valence-electron chi connectivity index (χ1n) is 6.24. The van der Waals surface area contributed by atoms with Gasteiger partial charge in [0.25, 0.3) is 0 Å². The number of hydrogen-bond acceptors (Lipinski definition) is 3. The Labute approximate surface area is 121 Å². The smallest absolute Gasteiger partial charge is 0.337 e. The summed E-state index contributed by atoms with van der Waals surface area (Å²) in [5, 5.41) is 20.8. The predicted molar refractivity (Wildman–Crippen MR) is 73.6 cm³/mol. The molecule has 2 rings (SSSR count). The molecule has 5 nitrogen and oxygen atoms in total. The minimum atomic E-state index is -1.13. The van der Waals surface area contributed by atoms with Crippen molar-refractivity contribution >= 4 is 29.2 Å². The van der Waals surface area contributed by atoms with Crippen LogP contribution in [0.15, 0.2) is 18.2 Å². The Kier molecular flexibility index (Phi) is 3.96. The fourth-order valence-electron chi connectivity index (χ4n) is 2.39. The zero-order chi connectivity index (χ0) is 14.8. The molecule has 1 fully saturated rings. The Bertz CT molecular complexity index is 601. The van der Waals surface area contributed by atoms with Crippen molar-refractivity contribution in [3.05, 3.63) is 28.8 Å². The molecule has 6 heteroatoms. The molecule has 1 aliphatic carbocycles. The lowest BCUT2D eigenvalue weighted by molar-refractivity contribution is -0.122. The molecule has 0 saturated heterocycles. The quantitative estimate of drug-likeness (QED) is 0.896. The topological polar surface area (TPSA) is 90.2 Å². The van der Waals surface area contributed by atoms with Crippen LogP contribution in [0.4, 0.5) is 5.69 Å². The van der Waals surface area contributed by atoms with Crippen molar-refractivity contribution in [3.8, 4) is 6.07 Å². The second-order valence-corrected chi connectivity index (χ2v) is 5.26. The normalized spacial score (nSPS) is 16.4. The largest absolute Gasteiger partial charge is 0.478 e. The highest BCUT2D eigenvalue weighted by atomic mass is 35.5. The lowest BCUT2D eigenvalue weighted by atomic mass is 9.87. The van der Waals surface area contributed by atoms with E-state index in [1.165, 1.54) is 18.2 Å². The van der Waals surface area contributed by atoms with Crippen LogP contribution >= 0.6 is 11.6 Å². The molecule has 0 aliphatic heterocycles. The first-order valence-corrected chi connectivity index (χ1v) is 6.62. The van der Waals surface area contributed by atoms with Crippen molar-refractivity contribution in [2.24, 2.45) is 5.41 Å². The number of aromatic carboxylic acids is 1. The van der Waals surface area contributed by atoms with Gasteiger partial charge in [0.15, 0.2) is 0 Å². The summed E-state index contributed by atoms with van der Waals surface area (Å²) < 4.78 is 0. The van der Waals surface area contributed by atoms with Crippen LogP contribution in [0.2, 0.25) is 5.02 Å². The third-order valence-corrected chi connectivity index (χ3v) is 3.88. The monoisotopic (exact) mass is 292 g/mol. The van der Waals surface area contributed by atoms with E-state index in [9.17, 15) is 14.9 Å². The van der Waals surface area contributed by atoms with Gasteiger partial charge in [0.1, 0.15) is 5.41 Å². The summed E-state index contributed by atoms with van der Waals surface area (Å²) in [6.45, 7) is 0. The second-order valence-electron chi connectivity index (χ2n) is 4.85. The number of anilines is 1. The van der Waals surface area contributed by atoms with Crippen LogP contribution < -0.4 is 5.32 Å². The van der Waals surface area contributed by atoms with Crippen LogP contribution in [0.1, 0.15) is 36.0 Å². The van der Waals surface area contributed by atoms with Gasteiger partial charge in [-0.15, -0.1) is 0 Å². The van der Waals surface area contributed by atoms with Crippen molar-refractivity contribution in [3.63, 3.8) is 0 Å². The summed E-state index contributed by atoms with van der Waals surface area (Å²) in [4.78, 5) is 23.1. The van der Waals surface area contributed by atoms with Crippen LogP contribution in [-0.4, -0.2) is 17.0 Å². The molecule has 0 unspecified atom stereocenters. The molecule has 1 aromatic carbocycles. The molecule has 0 atom stereocenters. The van der Waals surface area contributed by atoms with Gasteiger partial charge in [0, 0.05) is 5.69 Å². The standard InChI is InChI=1S/C14H13ClN2O3/c15-11-7-9(3-4-10(11)12(18)19)17-13(20)14(8-16)5-1-2-6-14/h3-4,7H,1-2,5-6H2,(H,17,20)(H,18,19). The number of carbonyl (C=O) groups is 2. The van der Waals surface area contributed by atoms with Crippen molar-refractivity contribution in [2.75, 3.05) is 5.32 Å². The average molecular weight is 293 g/mol. The molecule has 0 heterocycles. The van der Waals surface area contributed by atoms with Crippen molar-refractivity contribution in [1.29, 1.82) is 5.26 Å². The van der Waals surface area contributed by atoms with Crippen molar-refractivity contribution in [2.45, 2.75) is 25.7 Å². The average Bonchev–Trinajstić information content (AvgIpc) is 2.88. The fourth-order valence-corrected chi connectivity index (χ4v) is 2.65. The van der Waals surface area contributed by atoms with E-state index >= 15 is 0 Å². The molecule has 0 spiro atoms. The maximum Gasteiger partial charge on any atom is 0.337 e. The van der Waals surface area contributed by atoms with Gasteiger partial charge in [0.05, 0.1) is 16.7 Å². The number of benzene rings is 1. The van der Waals surface area contributed by atoms with Gasteiger partial charge in [-0.3, -0.25) is 4.79 Å². The number of amides is 1. The number of nitrogens with one attached hydrogen (secondary N) is 1. The summed E-state index contributed by atoms with van der Waals surface area (Å²) in [5.74, 6) is -1.48. The van der Waals surface area contributed by atoms with Crippen molar-refractivity contribution < 1.29 is 14.7 Å². The van der Waals surface area contributed by atoms with E-state index in [0.29, 0.717) is 18.5 Å². The first-order chi connectivity index (χ1) is 9.48. The SMILES string of the molecule is N#CC1(C(=O)Nc2ccc(C(=O)O)c(Cl)c2)CCCC1. The van der Waals surface area contributed by atoms with Gasteiger partial charge in [-0.05, 0) is 31.0 Å². The molecule has 0 aromatic heterocycles. The Morgan fingerprint density at radius 1 is 1.35 bits per heavy atom. The highest BCUT2D eigenvalue weighted by Gasteiger charge is 2.41. The number of carboxylic acids is 1. The molecule has 2 N–H and O–H groups in total. The maximum absolute atomic E-state index is 12.2. The Hall–Kier alpha value is -2.06. The van der Waals surface area contributed by atoms with Crippen LogP contribution in [0, 0.1) is 16.7 Å². The number of nitriles is 1. The van der Waals surface area contributed by atoms with Crippen molar-refractivity contribution in [1.82, 2.24) is 0 Å². The summed E-state index contributed by atoms with van der Waals surface area (Å²) in [7, 11) is 0. The second kappa shape index (κ2) is 5.51. The number of rotatable bonds is 3. The molecule has 0 bridgehead atoms. The molecule has 20 heavy (non-hydrogen) atoms. The predicted octanol–water partition coefficient (Wildman–Crippen LogP) is 3.06. The van der Waals surface area contributed by atoms with Crippen LogP contribution in [0.25, 0.3) is 0 Å². The minimum Gasteiger partial charge on any atom is -0.478 e. The number of carboxylic acid groups (broad SMARTS) is 1. The van der Waals surface area contributed by atoms with Gasteiger partial charge < -0.3 is 10.4 Å². The van der Waals surface area contributed by atoms with Crippen LogP contribution in [-0.2, 0) is 4.79 Å². The Balaban J connectivity index is 2.18. The van der Waals surface area contributed by atoms with E-state index in [1.54, 1.807) is 0 Å². The third kappa shape index (κ3) is 2.61. The highest BCUT2D eigenvalue weighted by molar-refractivity contribution is 6.33. The van der Waals surface area contributed by atoms with Gasteiger partial charge in [-0.1, -0.05) is 24.4 Å². The molecule has 1 amide bonds. The van der Waals surface area contributed by atoms with Gasteiger partial charge in [0.2, 0.25) is 5.91 Å². The van der Waals surface area contributed by atoms with Crippen LogP contribution in [0.3, 0.4) is 0 Å². The maximum atomic E-state index is 12.2. The van der Waals surface area contributed by atoms with E-state index in [4.69, 9.17) is 16.7 Å². The molecule has 1 saturated carbocycles. The molecular formula is C14H13ClN2O3. The van der Waals surface area contributed by atoms with Crippen LogP contribution in [0.5, 0.6) is 0 Å². The fraction of sp³-hybridized carbons (Fsp3) is 0.357. The van der Waals surface area contributed by atoms with E-state index in [0.717, 1.165) is 12.8 Å². The molecular weight excluding hydrogens is 280 g/mol. The number of nitrogens with zero attached hydrogens (tertiary/aromatic N) is 1. The van der Waals surface area contributed by atoms with E-state index in [-0.39, 0.29) is 16.5 Å². The molecule has 0 radical (unpaired) electrons. The molecule has 104 valence electrons. The Morgan fingerprint density at radius 3 is 2.50 bits per heavy atom. The zero-order valence-electron chi connectivity index (χ0n) is 10.6. The third-order valence-electron chi connectivity index (χ3n) is 3.56. The number of hydrogen-bond donors (Lipinski definition) is 2. The molecule has 1 aromatic rings. The lowest BCUT2D eigenvalue weighted by Gasteiger charge is -2.19. The van der Waals surface area contributed by atoms with E-state index < -0.39 is 11.4 Å². The van der Waals surface area contributed by atoms with E-state index in [1.807, 2.05) is 0 Å². The summed E-state index contributed by atoms with van der Waals surface area (Å²) in [5.41, 5.74) is -0.607. The zero-order valence-corrected chi connectivity index (χ0v) is 11.4. The van der Waals surface area contributed by atoms with Gasteiger partial charge in [-0.25, -0.2) is 4.79 Å². The molecule has 1 aliphatic rings. The number of halogens is 1. The summed E-state index contributed by atoms with van der Waals surface area (Å²) in [6.07, 6.45) is 2.83. The minimum absolute atomic E-state index is 0.0273. The highest BCUT2D eigenvalue weighted by Crippen LogP contribution is 2.38. The summed E-state index contributed by atoms with van der Waals surface area (Å²) >= 11 is 5.84. The van der Waals surface area contributed by atoms with Gasteiger partial charge >= 0.3 is 5.97 Å².